The maximum atomic E-state index is 14.8. The number of ether oxygens (including phenoxy) is 1. The number of methoxy groups -OCH3 is 1. The van der Waals surface area contributed by atoms with Gasteiger partial charge in [-0.1, -0.05) is 6.07 Å². The monoisotopic (exact) mass is 454 g/mol. The largest absolute Gasteiger partial charge is 0.496 e. The van der Waals surface area contributed by atoms with Crippen molar-refractivity contribution >= 4 is 17.5 Å². The average molecular weight is 454 g/mol. The molecular formula is C24H24F2N4O3. The molecule has 7 nitrogen and oxygen atoms in total. The van der Waals surface area contributed by atoms with Gasteiger partial charge < -0.3 is 26.5 Å². The molecule has 4 rings (SSSR count). The molecule has 33 heavy (non-hydrogen) atoms. The number of carbonyl (C=O) groups is 2. The number of nitrogen functional groups attached to an aromatic ring is 1. The second-order valence-corrected chi connectivity index (χ2v) is 8.23. The third-order valence-corrected chi connectivity index (χ3v) is 5.79. The summed E-state index contributed by atoms with van der Waals surface area (Å²) in [6, 6.07) is 8.96. The molecule has 0 bridgehead atoms. The molecule has 172 valence electrons. The first-order valence-electron chi connectivity index (χ1n) is 10.4. The number of rotatable bonds is 7. The lowest BCUT2D eigenvalue weighted by atomic mass is 9.93. The molecule has 0 aliphatic heterocycles. The summed E-state index contributed by atoms with van der Waals surface area (Å²) in [7, 11) is 1.39. The molecule has 1 fully saturated rings. The van der Waals surface area contributed by atoms with Crippen LogP contribution in [0.15, 0.2) is 36.4 Å². The Morgan fingerprint density at radius 1 is 1.18 bits per heavy atom. The van der Waals surface area contributed by atoms with E-state index in [0.29, 0.717) is 35.2 Å². The molecule has 9 heteroatoms. The molecule has 1 aliphatic rings. The molecule has 2 aromatic carbocycles. The molecule has 3 aromatic rings. The van der Waals surface area contributed by atoms with Gasteiger partial charge >= 0.3 is 0 Å². The Hall–Kier alpha value is -3.88. The Morgan fingerprint density at radius 2 is 1.91 bits per heavy atom. The highest BCUT2D eigenvalue weighted by Gasteiger charge is 2.43. The van der Waals surface area contributed by atoms with Gasteiger partial charge in [0.05, 0.1) is 19.2 Å². The molecule has 2 amide bonds. The van der Waals surface area contributed by atoms with E-state index in [1.165, 1.54) is 25.3 Å². The highest BCUT2D eigenvalue weighted by Crippen LogP contribution is 2.41. The van der Waals surface area contributed by atoms with Crippen molar-refractivity contribution in [2.75, 3.05) is 19.4 Å². The highest BCUT2D eigenvalue weighted by atomic mass is 19.1. The molecule has 0 saturated heterocycles. The van der Waals surface area contributed by atoms with Gasteiger partial charge in [-0.15, -0.1) is 0 Å². The van der Waals surface area contributed by atoms with Gasteiger partial charge in [-0.3, -0.25) is 9.59 Å². The van der Waals surface area contributed by atoms with Gasteiger partial charge in [0, 0.05) is 28.1 Å². The summed E-state index contributed by atoms with van der Waals surface area (Å²) in [6.45, 7) is 1.63. The number of nitrogens with one attached hydrogen (secondary N) is 2. The summed E-state index contributed by atoms with van der Waals surface area (Å²) in [4.78, 5) is 27.7. The Labute approximate surface area is 189 Å². The highest BCUT2D eigenvalue weighted by molar-refractivity contribution is 6.05. The number of hydrogen-bond donors (Lipinski definition) is 4. The van der Waals surface area contributed by atoms with Gasteiger partial charge in [0.1, 0.15) is 22.9 Å². The number of aryl methyl sites for hydroxylation is 1. The molecule has 1 saturated carbocycles. The van der Waals surface area contributed by atoms with E-state index in [1.54, 1.807) is 25.1 Å². The Morgan fingerprint density at radius 3 is 2.52 bits per heavy atom. The summed E-state index contributed by atoms with van der Waals surface area (Å²) in [5, 5.41) is 2.58. The van der Waals surface area contributed by atoms with Crippen molar-refractivity contribution < 1.29 is 23.1 Å². The number of amides is 2. The number of aromatic amines is 1. The molecule has 1 aromatic heterocycles. The Kier molecular flexibility index (Phi) is 5.57. The minimum Gasteiger partial charge on any atom is -0.496 e. The van der Waals surface area contributed by atoms with Crippen molar-refractivity contribution in [1.82, 2.24) is 10.3 Å². The zero-order valence-corrected chi connectivity index (χ0v) is 18.2. The van der Waals surface area contributed by atoms with Crippen molar-refractivity contribution in [2.24, 2.45) is 5.73 Å². The Balaban J connectivity index is 1.81. The first kappa shape index (κ1) is 22.3. The van der Waals surface area contributed by atoms with Crippen LogP contribution in [0.1, 0.15) is 39.4 Å². The van der Waals surface area contributed by atoms with Gasteiger partial charge in [-0.25, -0.2) is 8.78 Å². The maximum absolute atomic E-state index is 14.8. The lowest BCUT2D eigenvalue weighted by Gasteiger charge is -2.14. The molecule has 1 aliphatic carbocycles. The quantitative estimate of drug-likeness (QED) is 0.406. The minimum atomic E-state index is -1.33. The van der Waals surface area contributed by atoms with Gasteiger partial charge in [-0.2, -0.15) is 0 Å². The first-order chi connectivity index (χ1) is 15.6. The number of halogens is 2. The van der Waals surface area contributed by atoms with E-state index in [0.717, 1.165) is 0 Å². The average Bonchev–Trinajstić information content (AvgIpc) is 3.41. The smallest absolute Gasteiger partial charge is 0.265 e. The molecule has 6 N–H and O–H groups in total. The lowest BCUT2D eigenvalue weighted by Crippen LogP contribution is -2.31. The fourth-order valence-electron chi connectivity index (χ4n) is 3.85. The molecule has 0 atom stereocenters. The number of alkyl halides is 1. The fourth-order valence-corrected chi connectivity index (χ4v) is 3.85. The van der Waals surface area contributed by atoms with Crippen LogP contribution in [0, 0.1) is 12.7 Å². The lowest BCUT2D eigenvalue weighted by molar-refractivity contribution is 0.0933. The van der Waals surface area contributed by atoms with E-state index in [4.69, 9.17) is 16.2 Å². The van der Waals surface area contributed by atoms with Crippen molar-refractivity contribution in [1.29, 1.82) is 0 Å². The van der Waals surface area contributed by atoms with E-state index < -0.39 is 23.3 Å². The van der Waals surface area contributed by atoms with Crippen LogP contribution in [-0.4, -0.2) is 36.1 Å². The predicted molar refractivity (Wildman–Crippen MR) is 121 cm³/mol. The SMILES string of the molecule is COc1cc(-c2c(C(N)=O)[nH]c(C)c2-c2ccc(N)cc2F)ccc1C(=O)NCC1(F)CC1. The van der Waals surface area contributed by atoms with E-state index in [9.17, 15) is 18.4 Å². The molecule has 0 spiro atoms. The van der Waals surface area contributed by atoms with Crippen LogP contribution in [0.2, 0.25) is 0 Å². The van der Waals surface area contributed by atoms with Crippen molar-refractivity contribution in [2.45, 2.75) is 25.4 Å². The normalized spacial score (nSPS) is 14.1. The van der Waals surface area contributed by atoms with E-state index in [-0.39, 0.29) is 34.8 Å². The van der Waals surface area contributed by atoms with Gasteiger partial charge in [0.25, 0.3) is 11.8 Å². The zero-order chi connectivity index (χ0) is 23.9. The van der Waals surface area contributed by atoms with Crippen LogP contribution < -0.4 is 21.5 Å². The third kappa shape index (κ3) is 4.26. The van der Waals surface area contributed by atoms with Gasteiger partial charge in [-0.05, 0) is 55.7 Å². The predicted octanol–water partition coefficient (Wildman–Crippen LogP) is 3.72. The van der Waals surface area contributed by atoms with Crippen LogP contribution in [0.5, 0.6) is 5.75 Å². The molecule has 0 unspecified atom stereocenters. The van der Waals surface area contributed by atoms with Crippen LogP contribution in [0.25, 0.3) is 22.3 Å². The van der Waals surface area contributed by atoms with Gasteiger partial charge in [0.15, 0.2) is 0 Å². The van der Waals surface area contributed by atoms with E-state index in [1.807, 2.05) is 0 Å². The van der Waals surface area contributed by atoms with E-state index in [2.05, 4.69) is 10.3 Å². The Bertz CT molecular complexity index is 1260. The van der Waals surface area contributed by atoms with Crippen molar-refractivity contribution in [3.05, 3.63) is 59.2 Å². The van der Waals surface area contributed by atoms with Crippen LogP contribution in [0.3, 0.4) is 0 Å². The summed E-state index contributed by atoms with van der Waals surface area (Å²) < 4.78 is 34.1. The third-order valence-electron chi connectivity index (χ3n) is 5.79. The summed E-state index contributed by atoms with van der Waals surface area (Å²) in [6.07, 6.45) is 0.854. The standard InChI is InChI=1S/C24H24F2N4O3/c1-12-19(15-6-4-14(27)10-17(15)25)20(21(30-12)22(28)31)13-3-5-16(18(9-13)33-2)23(32)29-11-24(26)7-8-24/h3-6,9-10,30H,7-8,11,27H2,1-2H3,(H2,28,31)(H,29,32). The minimum absolute atomic E-state index is 0.0693. The number of aromatic nitrogens is 1. The van der Waals surface area contributed by atoms with Crippen molar-refractivity contribution in [3.63, 3.8) is 0 Å². The first-order valence-corrected chi connectivity index (χ1v) is 10.4. The topological polar surface area (TPSA) is 123 Å². The second kappa shape index (κ2) is 8.23. The number of hydrogen-bond acceptors (Lipinski definition) is 4. The number of anilines is 1. The van der Waals surface area contributed by atoms with Crippen LogP contribution in [0.4, 0.5) is 14.5 Å². The number of H-pyrrole nitrogens is 1. The molecule has 1 heterocycles. The molecular weight excluding hydrogens is 430 g/mol. The number of benzene rings is 2. The summed E-state index contributed by atoms with van der Waals surface area (Å²) in [5.74, 6) is -1.55. The summed E-state index contributed by atoms with van der Waals surface area (Å²) in [5.41, 5.74) is 12.6. The number of carbonyl (C=O) groups excluding carboxylic acids is 2. The van der Waals surface area contributed by atoms with Gasteiger partial charge in [0.2, 0.25) is 0 Å². The number of primary amides is 1. The van der Waals surface area contributed by atoms with Crippen molar-refractivity contribution in [3.8, 4) is 28.0 Å². The number of nitrogens with two attached hydrogens (primary N) is 2. The van der Waals surface area contributed by atoms with Crippen LogP contribution >= 0.6 is 0 Å². The summed E-state index contributed by atoms with van der Waals surface area (Å²) >= 11 is 0. The molecule has 0 radical (unpaired) electrons. The maximum Gasteiger partial charge on any atom is 0.265 e. The fraction of sp³-hybridized carbons (Fsp3) is 0.250. The van der Waals surface area contributed by atoms with E-state index >= 15 is 0 Å². The van der Waals surface area contributed by atoms with Crippen LogP contribution in [-0.2, 0) is 0 Å². The second-order valence-electron chi connectivity index (χ2n) is 8.23. The zero-order valence-electron chi connectivity index (χ0n) is 18.2.